The van der Waals surface area contributed by atoms with Crippen molar-refractivity contribution < 1.29 is 4.74 Å². The van der Waals surface area contributed by atoms with E-state index in [2.05, 4.69) is 40.3 Å². The van der Waals surface area contributed by atoms with Crippen LogP contribution < -0.4 is 4.74 Å². The fourth-order valence-corrected chi connectivity index (χ4v) is 3.94. The third-order valence-corrected chi connectivity index (χ3v) is 5.45. The predicted octanol–water partition coefficient (Wildman–Crippen LogP) is 2.61. The van der Waals surface area contributed by atoms with Gasteiger partial charge in [-0.25, -0.2) is 0 Å². The largest absolute Gasteiger partial charge is 0.493 e. The Labute approximate surface area is 139 Å². The summed E-state index contributed by atoms with van der Waals surface area (Å²) >= 11 is 1.95. The van der Waals surface area contributed by atoms with E-state index in [1.165, 1.54) is 63.4 Å². The second-order valence-corrected chi connectivity index (χ2v) is 7.44. The summed E-state index contributed by atoms with van der Waals surface area (Å²) < 4.78 is 5.90. The molecule has 2 aliphatic heterocycles. The number of para-hydroxylation sites is 1. The van der Waals surface area contributed by atoms with Crippen LogP contribution in [-0.4, -0.2) is 67.7 Å². The van der Waals surface area contributed by atoms with E-state index in [0.717, 1.165) is 18.3 Å². The first-order valence-electron chi connectivity index (χ1n) is 8.49. The molecule has 1 aromatic carbocycles. The van der Waals surface area contributed by atoms with Crippen molar-refractivity contribution in [3.63, 3.8) is 0 Å². The average Bonchev–Trinajstić information content (AvgIpc) is 2.76. The van der Waals surface area contributed by atoms with Crippen LogP contribution in [0.15, 0.2) is 24.3 Å². The molecule has 0 aromatic heterocycles. The van der Waals surface area contributed by atoms with Gasteiger partial charge >= 0.3 is 0 Å². The van der Waals surface area contributed by atoms with Gasteiger partial charge in [0, 0.05) is 45.0 Å². The first kappa shape index (κ1) is 16.2. The molecule has 0 spiro atoms. The van der Waals surface area contributed by atoms with Crippen molar-refractivity contribution in [1.29, 1.82) is 0 Å². The Morgan fingerprint density at radius 3 is 2.73 bits per heavy atom. The minimum absolute atomic E-state index is 0.737. The van der Waals surface area contributed by atoms with Crippen molar-refractivity contribution in [3.8, 4) is 5.75 Å². The van der Waals surface area contributed by atoms with Crippen LogP contribution in [0, 0.1) is 5.92 Å². The molecule has 0 saturated carbocycles. The Morgan fingerprint density at radius 1 is 1.14 bits per heavy atom. The van der Waals surface area contributed by atoms with Crippen molar-refractivity contribution in [1.82, 2.24) is 9.80 Å². The molecule has 22 heavy (non-hydrogen) atoms. The molecule has 0 amide bonds. The van der Waals surface area contributed by atoms with Gasteiger partial charge in [-0.05, 0) is 36.6 Å². The maximum atomic E-state index is 5.90. The van der Waals surface area contributed by atoms with E-state index in [1.54, 1.807) is 0 Å². The molecule has 3 rings (SSSR count). The van der Waals surface area contributed by atoms with Crippen LogP contribution in [-0.2, 0) is 6.42 Å². The number of thioether (sulfide) groups is 1. The standard InChI is InChI=1S/C18H28N2OS/c1-22-13-11-19-7-9-20(10-8-19)15-16-6-12-21-18-5-3-2-4-17(18)14-16/h2-5,16H,6-15H2,1H3. The van der Waals surface area contributed by atoms with Gasteiger partial charge < -0.3 is 9.64 Å². The molecular weight excluding hydrogens is 292 g/mol. The van der Waals surface area contributed by atoms with Crippen molar-refractivity contribution in [2.45, 2.75) is 12.8 Å². The van der Waals surface area contributed by atoms with Crippen molar-refractivity contribution in [3.05, 3.63) is 29.8 Å². The molecule has 2 heterocycles. The highest BCUT2D eigenvalue weighted by molar-refractivity contribution is 7.98. The van der Waals surface area contributed by atoms with E-state index >= 15 is 0 Å². The number of ether oxygens (including phenoxy) is 1. The molecule has 2 aliphatic rings. The molecular formula is C18H28N2OS. The van der Waals surface area contributed by atoms with E-state index < -0.39 is 0 Å². The van der Waals surface area contributed by atoms with E-state index in [9.17, 15) is 0 Å². The van der Waals surface area contributed by atoms with Crippen LogP contribution in [0.5, 0.6) is 5.75 Å². The maximum absolute atomic E-state index is 5.90. The lowest BCUT2D eigenvalue weighted by Gasteiger charge is -2.36. The lowest BCUT2D eigenvalue weighted by Crippen LogP contribution is -2.48. The van der Waals surface area contributed by atoms with Gasteiger partial charge in [-0.2, -0.15) is 11.8 Å². The van der Waals surface area contributed by atoms with Crippen LogP contribution in [0.4, 0.5) is 0 Å². The van der Waals surface area contributed by atoms with Crippen LogP contribution in [0.25, 0.3) is 0 Å². The van der Waals surface area contributed by atoms with Gasteiger partial charge in [0.2, 0.25) is 0 Å². The lowest BCUT2D eigenvalue weighted by molar-refractivity contribution is 0.118. The second kappa shape index (κ2) is 8.23. The molecule has 4 heteroatoms. The number of nitrogens with zero attached hydrogens (tertiary/aromatic N) is 2. The summed E-state index contributed by atoms with van der Waals surface area (Å²) in [6, 6.07) is 8.55. The van der Waals surface area contributed by atoms with E-state index in [4.69, 9.17) is 4.74 Å². The molecule has 1 fully saturated rings. The molecule has 3 nitrogen and oxygen atoms in total. The van der Waals surface area contributed by atoms with Crippen LogP contribution >= 0.6 is 11.8 Å². The first-order chi connectivity index (χ1) is 10.8. The number of rotatable bonds is 5. The number of hydrogen-bond acceptors (Lipinski definition) is 4. The molecule has 1 unspecified atom stereocenters. The van der Waals surface area contributed by atoms with Gasteiger partial charge in [0.25, 0.3) is 0 Å². The number of benzene rings is 1. The molecule has 0 aliphatic carbocycles. The number of fused-ring (bicyclic) bond motifs is 1. The molecule has 0 bridgehead atoms. The van der Waals surface area contributed by atoms with E-state index in [1.807, 2.05) is 11.8 Å². The second-order valence-electron chi connectivity index (χ2n) is 6.45. The number of hydrogen-bond donors (Lipinski definition) is 0. The summed E-state index contributed by atoms with van der Waals surface area (Å²) in [5.74, 6) is 3.10. The zero-order valence-corrected chi connectivity index (χ0v) is 14.5. The topological polar surface area (TPSA) is 15.7 Å². The molecule has 0 N–H and O–H groups in total. The molecule has 0 radical (unpaired) electrons. The third kappa shape index (κ3) is 4.40. The van der Waals surface area contributed by atoms with Gasteiger partial charge in [-0.3, -0.25) is 4.90 Å². The normalized spacial score (nSPS) is 23.6. The van der Waals surface area contributed by atoms with Gasteiger partial charge in [-0.1, -0.05) is 18.2 Å². The Hall–Kier alpha value is -0.710. The van der Waals surface area contributed by atoms with Gasteiger partial charge in [0.05, 0.1) is 6.61 Å². The Kier molecular flexibility index (Phi) is 6.04. The minimum atomic E-state index is 0.737. The Balaban J connectivity index is 1.48. The quantitative estimate of drug-likeness (QED) is 0.828. The highest BCUT2D eigenvalue weighted by Crippen LogP contribution is 2.27. The molecule has 1 atom stereocenters. The molecule has 1 saturated heterocycles. The van der Waals surface area contributed by atoms with E-state index in [-0.39, 0.29) is 0 Å². The van der Waals surface area contributed by atoms with Crippen LogP contribution in [0.1, 0.15) is 12.0 Å². The molecule has 122 valence electrons. The first-order valence-corrected chi connectivity index (χ1v) is 9.89. The van der Waals surface area contributed by atoms with Gasteiger partial charge in [0.15, 0.2) is 0 Å². The van der Waals surface area contributed by atoms with Crippen LogP contribution in [0.3, 0.4) is 0 Å². The number of piperazine rings is 1. The maximum Gasteiger partial charge on any atom is 0.122 e. The highest BCUT2D eigenvalue weighted by atomic mass is 32.2. The average molecular weight is 321 g/mol. The van der Waals surface area contributed by atoms with Crippen molar-refractivity contribution >= 4 is 11.8 Å². The van der Waals surface area contributed by atoms with Crippen molar-refractivity contribution in [2.75, 3.05) is 57.9 Å². The summed E-state index contributed by atoms with van der Waals surface area (Å²) in [7, 11) is 0. The van der Waals surface area contributed by atoms with E-state index in [0.29, 0.717) is 0 Å². The summed E-state index contributed by atoms with van der Waals surface area (Å²) in [4.78, 5) is 5.27. The zero-order valence-electron chi connectivity index (χ0n) is 13.7. The van der Waals surface area contributed by atoms with Gasteiger partial charge in [0.1, 0.15) is 5.75 Å². The summed E-state index contributed by atoms with van der Waals surface area (Å²) in [5, 5.41) is 0. The monoisotopic (exact) mass is 320 g/mol. The highest BCUT2D eigenvalue weighted by Gasteiger charge is 2.22. The minimum Gasteiger partial charge on any atom is -0.493 e. The fourth-order valence-electron chi connectivity index (χ4n) is 3.50. The summed E-state index contributed by atoms with van der Waals surface area (Å²) in [5.41, 5.74) is 1.39. The van der Waals surface area contributed by atoms with Crippen molar-refractivity contribution in [2.24, 2.45) is 5.92 Å². The third-order valence-electron chi connectivity index (χ3n) is 4.86. The summed E-state index contributed by atoms with van der Waals surface area (Å²) in [6.07, 6.45) is 4.55. The van der Waals surface area contributed by atoms with Gasteiger partial charge in [-0.15, -0.1) is 0 Å². The zero-order chi connectivity index (χ0) is 15.2. The Bertz CT molecular complexity index is 460. The lowest BCUT2D eigenvalue weighted by atomic mass is 9.96. The predicted molar refractivity (Wildman–Crippen MR) is 95.0 cm³/mol. The fraction of sp³-hybridized carbons (Fsp3) is 0.667. The van der Waals surface area contributed by atoms with Crippen LogP contribution in [0.2, 0.25) is 0 Å². The Morgan fingerprint density at radius 2 is 1.91 bits per heavy atom. The molecule has 1 aromatic rings. The smallest absolute Gasteiger partial charge is 0.122 e. The summed E-state index contributed by atoms with van der Waals surface area (Å²) in [6.45, 7) is 8.28. The SMILES string of the molecule is CSCCN1CCN(CC2CCOc3ccccc3C2)CC1.